The van der Waals surface area contributed by atoms with Gasteiger partial charge in [-0.15, -0.1) is 22.7 Å². The van der Waals surface area contributed by atoms with Crippen molar-refractivity contribution in [1.29, 1.82) is 0 Å². The zero-order valence-corrected chi connectivity index (χ0v) is 14.9. The number of rotatable bonds is 2. The van der Waals surface area contributed by atoms with Crippen molar-refractivity contribution >= 4 is 33.5 Å². The van der Waals surface area contributed by atoms with Crippen molar-refractivity contribution in [2.45, 2.75) is 20.3 Å². The number of likely N-dealkylation sites (tertiary alicyclic amines) is 1. The lowest BCUT2D eigenvalue weighted by Gasteiger charge is -2.34. The van der Waals surface area contributed by atoms with Gasteiger partial charge in [0, 0.05) is 24.7 Å². The molecule has 1 aliphatic rings. The van der Waals surface area contributed by atoms with E-state index in [1.807, 2.05) is 32.3 Å². The van der Waals surface area contributed by atoms with Crippen LogP contribution in [0.2, 0.25) is 0 Å². The van der Waals surface area contributed by atoms with E-state index in [-0.39, 0.29) is 5.91 Å². The van der Waals surface area contributed by atoms with Crippen molar-refractivity contribution in [3.05, 3.63) is 34.8 Å². The third kappa shape index (κ3) is 2.70. The molecule has 0 N–H and O–H groups in total. The van der Waals surface area contributed by atoms with Crippen LogP contribution in [-0.2, 0) is 0 Å². The fraction of sp³-hybridized carbons (Fsp3) is 0.412. The number of thiophene rings is 1. The van der Waals surface area contributed by atoms with Crippen molar-refractivity contribution in [3.8, 4) is 10.6 Å². The lowest BCUT2D eigenvalue weighted by molar-refractivity contribution is 0.0616. The van der Waals surface area contributed by atoms with Crippen molar-refractivity contribution in [2.75, 3.05) is 13.1 Å². The average molecular weight is 345 g/mol. The Morgan fingerprint density at radius 2 is 2.04 bits per heavy atom. The SMILES string of the molecule is CC1CC(C)CN(C(=O)c2csc3nc(-c4cccs4)cn23)C1. The second-order valence-electron chi connectivity index (χ2n) is 6.53. The van der Waals surface area contributed by atoms with Crippen LogP contribution in [0.25, 0.3) is 15.5 Å². The first-order chi connectivity index (χ1) is 11.1. The monoisotopic (exact) mass is 345 g/mol. The Hall–Kier alpha value is -1.66. The maximum Gasteiger partial charge on any atom is 0.271 e. The highest BCUT2D eigenvalue weighted by atomic mass is 32.1. The molecule has 0 radical (unpaired) electrons. The van der Waals surface area contributed by atoms with Crippen LogP contribution in [0.5, 0.6) is 0 Å². The molecule has 1 fully saturated rings. The molecule has 0 aliphatic carbocycles. The van der Waals surface area contributed by atoms with Gasteiger partial charge in [-0.3, -0.25) is 9.20 Å². The quantitative estimate of drug-likeness (QED) is 0.696. The molecule has 6 heteroatoms. The minimum absolute atomic E-state index is 0.129. The third-order valence-corrected chi connectivity index (χ3v) is 6.09. The topological polar surface area (TPSA) is 37.6 Å². The van der Waals surface area contributed by atoms with Crippen molar-refractivity contribution in [1.82, 2.24) is 14.3 Å². The Kier molecular flexibility index (Phi) is 3.73. The van der Waals surface area contributed by atoms with E-state index in [1.165, 1.54) is 17.8 Å². The number of carbonyl (C=O) groups is 1. The summed E-state index contributed by atoms with van der Waals surface area (Å²) in [6, 6.07) is 4.09. The van der Waals surface area contributed by atoms with E-state index in [1.54, 1.807) is 11.3 Å². The molecule has 23 heavy (non-hydrogen) atoms. The van der Waals surface area contributed by atoms with Gasteiger partial charge in [0.1, 0.15) is 11.4 Å². The highest BCUT2D eigenvalue weighted by Crippen LogP contribution is 2.28. The predicted octanol–water partition coefficient (Wildman–Crippen LogP) is 4.24. The van der Waals surface area contributed by atoms with Gasteiger partial charge < -0.3 is 4.90 Å². The fourth-order valence-electron chi connectivity index (χ4n) is 3.47. The Labute approximate surface area is 143 Å². The van der Waals surface area contributed by atoms with Gasteiger partial charge in [-0.25, -0.2) is 4.98 Å². The van der Waals surface area contributed by atoms with Gasteiger partial charge in [0.15, 0.2) is 4.96 Å². The molecule has 4 heterocycles. The second-order valence-corrected chi connectivity index (χ2v) is 8.32. The number of piperidine rings is 1. The molecule has 120 valence electrons. The van der Waals surface area contributed by atoms with E-state index in [0.717, 1.165) is 34.3 Å². The van der Waals surface area contributed by atoms with E-state index in [2.05, 4.69) is 24.9 Å². The molecule has 4 rings (SSSR count). The molecule has 2 atom stereocenters. The van der Waals surface area contributed by atoms with E-state index in [4.69, 9.17) is 0 Å². The number of amides is 1. The van der Waals surface area contributed by atoms with Crippen LogP contribution in [0.15, 0.2) is 29.1 Å². The summed E-state index contributed by atoms with van der Waals surface area (Å²) in [5.41, 5.74) is 1.68. The number of hydrogen-bond acceptors (Lipinski definition) is 4. The van der Waals surface area contributed by atoms with Crippen LogP contribution in [0, 0.1) is 11.8 Å². The van der Waals surface area contributed by atoms with Gasteiger partial charge >= 0.3 is 0 Å². The Morgan fingerprint density at radius 1 is 1.26 bits per heavy atom. The Bertz CT molecular complexity index is 823. The molecule has 3 aromatic rings. The van der Waals surface area contributed by atoms with Gasteiger partial charge in [-0.1, -0.05) is 19.9 Å². The predicted molar refractivity (Wildman–Crippen MR) is 95.2 cm³/mol. The van der Waals surface area contributed by atoms with Gasteiger partial charge in [0.2, 0.25) is 0 Å². The van der Waals surface area contributed by atoms with Crippen LogP contribution in [0.4, 0.5) is 0 Å². The summed E-state index contributed by atoms with van der Waals surface area (Å²) < 4.78 is 1.95. The minimum atomic E-state index is 0.129. The molecule has 2 unspecified atom stereocenters. The fourth-order valence-corrected chi connectivity index (χ4v) is 5.00. The molecule has 1 amide bonds. The summed E-state index contributed by atoms with van der Waals surface area (Å²) in [6.45, 7) is 6.16. The number of nitrogens with zero attached hydrogens (tertiary/aromatic N) is 3. The van der Waals surface area contributed by atoms with Crippen LogP contribution in [0.3, 0.4) is 0 Å². The summed E-state index contributed by atoms with van der Waals surface area (Å²) in [7, 11) is 0. The van der Waals surface area contributed by atoms with Gasteiger partial charge in [-0.05, 0) is 29.7 Å². The third-order valence-electron chi connectivity index (χ3n) is 4.36. The molecule has 0 aromatic carbocycles. The second kappa shape index (κ2) is 5.76. The van der Waals surface area contributed by atoms with E-state index >= 15 is 0 Å². The molecule has 0 bridgehead atoms. The summed E-state index contributed by atoms with van der Waals surface area (Å²) in [6.07, 6.45) is 3.19. The smallest absolute Gasteiger partial charge is 0.271 e. The Morgan fingerprint density at radius 3 is 2.74 bits per heavy atom. The van der Waals surface area contributed by atoms with Crippen LogP contribution < -0.4 is 0 Å². The first kappa shape index (κ1) is 14.9. The molecular formula is C17H19N3OS2. The number of carbonyl (C=O) groups excluding carboxylic acids is 1. The summed E-state index contributed by atoms with van der Waals surface area (Å²) in [5.74, 6) is 1.27. The molecule has 0 spiro atoms. The van der Waals surface area contributed by atoms with E-state index < -0.39 is 0 Å². The summed E-state index contributed by atoms with van der Waals surface area (Å²) >= 11 is 3.21. The molecule has 0 saturated carbocycles. The number of fused-ring (bicyclic) bond motifs is 1. The number of imidazole rings is 1. The van der Waals surface area contributed by atoms with Crippen molar-refractivity contribution in [3.63, 3.8) is 0 Å². The van der Waals surface area contributed by atoms with Gasteiger partial charge in [0.05, 0.1) is 4.88 Å². The van der Waals surface area contributed by atoms with E-state index in [9.17, 15) is 4.79 Å². The maximum atomic E-state index is 12.9. The minimum Gasteiger partial charge on any atom is -0.337 e. The van der Waals surface area contributed by atoms with Crippen LogP contribution >= 0.6 is 22.7 Å². The first-order valence-electron chi connectivity index (χ1n) is 7.91. The number of thiazole rings is 1. The number of hydrogen-bond donors (Lipinski definition) is 0. The normalized spacial score (nSPS) is 21.9. The van der Waals surface area contributed by atoms with Gasteiger partial charge in [0.25, 0.3) is 5.91 Å². The van der Waals surface area contributed by atoms with E-state index in [0.29, 0.717) is 11.8 Å². The number of aromatic nitrogens is 2. The lowest BCUT2D eigenvalue weighted by atomic mass is 9.92. The zero-order valence-electron chi connectivity index (χ0n) is 13.2. The average Bonchev–Trinajstić information content (AvgIpc) is 3.21. The van der Waals surface area contributed by atoms with Crippen LogP contribution in [0.1, 0.15) is 30.8 Å². The van der Waals surface area contributed by atoms with Crippen LogP contribution in [-0.4, -0.2) is 33.3 Å². The summed E-state index contributed by atoms with van der Waals surface area (Å²) in [4.78, 5) is 21.6. The standard InChI is InChI=1S/C17H19N3OS2/c1-11-6-12(2)8-19(7-11)16(21)14-10-23-17-18-13(9-20(14)17)15-4-3-5-22-15/h3-5,9-12H,6-8H2,1-2H3. The van der Waals surface area contributed by atoms with Gasteiger partial charge in [-0.2, -0.15) is 0 Å². The van der Waals surface area contributed by atoms with Crippen molar-refractivity contribution < 1.29 is 4.79 Å². The summed E-state index contributed by atoms with van der Waals surface area (Å²) in [5, 5.41) is 3.98. The lowest BCUT2D eigenvalue weighted by Crippen LogP contribution is -2.42. The highest BCUT2D eigenvalue weighted by molar-refractivity contribution is 7.15. The molecular weight excluding hydrogens is 326 g/mol. The molecule has 3 aromatic heterocycles. The maximum absolute atomic E-state index is 12.9. The Balaban J connectivity index is 1.67. The zero-order chi connectivity index (χ0) is 16.0. The first-order valence-corrected chi connectivity index (χ1v) is 9.67. The molecule has 1 saturated heterocycles. The molecule has 1 aliphatic heterocycles. The largest absolute Gasteiger partial charge is 0.337 e. The highest BCUT2D eigenvalue weighted by Gasteiger charge is 2.28. The molecule has 4 nitrogen and oxygen atoms in total. The van der Waals surface area contributed by atoms with Crippen molar-refractivity contribution in [2.24, 2.45) is 11.8 Å².